The van der Waals surface area contributed by atoms with Crippen LogP contribution in [0.5, 0.6) is 5.75 Å². The molecule has 0 saturated heterocycles. The summed E-state index contributed by atoms with van der Waals surface area (Å²) in [6.07, 6.45) is 4.19. The van der Waals surface area contributed by atoms with E-state index in [0.717, 1.165) is 30.8 Å². The predicted octanol–water partition coefficient (Wildman–Crippen LogP) is 3.14. The van der Waals surface area contributed by atoms with Gasteiger partial charge in [0, 0.05) is 18.4 Å². The summed E-state index contributed by atoms with van der Waals surface area (Å²) in [4.78, 5) is 12.0. The van der Waals surface area contributed by atoms with Gasteiger partial charge in [0.2, 0.25) is 0 Å². The second-order valence-electron chi connectivity index (χ2n) is 4.73. The summed E-state index contributed by atoms with van der Waals surface area (Å²) >= 11 is 0. The van der Waals surface area contributed by atoms with Crippen LogP contribution in [-0.2, 0) is 16.0 Å². The van der Waals surface area contributed by atoms with E-state index >= 15 is 0 Å². The van der Waals surface area contributed by atoms with Crippen molar-refractivity contribution in [3.63, 3.8) is 0 Å². The van der Waals surface area contributed by atoms with Gasteiger partial charge in [0.15, 0.2) is 5.78 Å². The van der Waals surface area contributed by atoms with Crippen molar-refractivity contribution >= 4 is 5.78 Å². The van der Waals surface area contributed by atoms with Gasteiger partial charge in [-0.2, -0.15) is 0 Å². The molecule has 1 aliphatic carbocycles. The van der Waals surface area contributed by atoms with Gasteiger partial charge in [-0.25, -0.2) is 0 Å². The van der Waals surface area contributed by atoms with Gasteiger partial charge >= 0.3 is 0 Å². The smallest absolute Gasteiger partial charge is 0.162 e. The zero-order chi connectivity index (χ0) is 13.7. The lowest BCUT2D eigenvalue weighted by Crippen LogP contribution is -2.20. The Morgan fingerprint density at radius 3 is 2.58 bits per heavy atom. The third-order valence-electron chi connectivity index (χ3n) is 3.42. The van der Waals surface area contributed by atoms with E-state index in [9.17, 15) is 4.79 Å². The van der Waals surface area contributed by atoms with Crippen LogP contribution in [0.3, 0.4) is 0 Å². The molecule has 3 heteroatoms. The molecule has 0 heterocycles. The highest BCUT2D eigenvalue weighted by Crippen LogP contribution is 2.25. The monoisotopic (exact) mass is 260 g/mol. The predicted molar refractivity (Wildman–Crippen MR) is 74.1 cm³/mol. The molecule has 0 aliphatic heterocycles. The molecular formula is C16H20O3. The first kappa shape index (κ1) is 13.7. The molecule has 2 rings (SSSR count). The molecule has 0 N–H and O–H groups in total. The fourth-order valence-corrected chi connectivity index (χ4v) is 2.36. The summed E-state index contributed by atoms with van der Waals surface area (Å²) in [5.74, 6) is 1.94. The van der Waals surface area contributed by atoms with Crippen LogP contribution in [0.15, 0.2) is 36.1 Å². The third kappa shape index (κ3) is 3.60. The lowest BCUT2D eigenvalue weighted by Gasteiger charge is -2.20. The Morgan fingerprint density at radius 1 is 1.26 bits per heavy atom. The van der Waals surface area contributed by atoms with Crippen molar-refractivity contribution in [1.82, 2.24) is 0 Å². The molecular weight excluding hydrogens is 240 g/mol. The molecule has 0 saturated carbocycles. The summed E-state index contributed by atoms with van der Waals surface area (Å²) in [6.45, 7) is 2.57. The van der Waals surface area contributed by atoms with Crippen LogP contribution in [0, 0.1) is 5.92 Å². The number of benzene rings is 1. The van der Waals surface area contributed by atoms with Gasteiger partial charge in [0.25, 0.3) is 0 Å². The van der Waals surface area contributed by atoms with Gasteiger partial charge in [-0.1, -0.05) is 12.1 Å². The minimum absolute atomic E-state index is 0.0811. The van der Waals surface area contributed by atoms with Crippen molar-refractivity contribution in [2.75, 3.05) is 13.7 Å². The summed E-state index contributed by atoms with van der Waals surface area (Å²) in [5, 5.41) is 0. The number of rotatable bonds is 5. The maximum absolute atomic E-state index is 12.0. The number of hydrogen-bond acceptors (Lipinski definition) is 3. The Morgan fingerprint density at radius 2 is 2.00 bits per heavy atom. The standard InChI is InChI=1S/C16H20O3/c1-3-19-15-9-6-13(16(17)11-15)10-12-4-7-14(18-2)8-5-12/h4-5,7-8,11,13H,3,6,9-10H2,1-2H3. The number of methoxy groups -OCH3 is 1. The van der Waals surface area contributed by atoms with Crippen molar-refractivity contribution in [2.45, 2.75) is 26.2 Å². The molecule has 0 bridgehead atoms. The summed E-state index contributed by atoms with van der Waals surface area (Å²) in [7, 11) is 1.65. The molecule has 0 aromatic heterocycles. The van der Waals surface area contributed by atoms with Gasteiger partial charge < -0.3 is 9.47 Å². The fraction of sp³-hybridized carbons (Fsp3) is 0.438. The molecule has 0 amide bonds. The molecule has 0 fully saturated rings. The molecule has 1 aliphatic rings. The van der Waals surface area contributed by atoms with E-state index in [1.54, 1.807) is 13.2 Å². The van der Waals surface area contributed by atoms with E-state index in [2.05, 4.69) is 0 Å². The number of carbonyl (C=O) groups is 1. The van der Waals surface area contributed by atoms with E-state index in [-0.39, 0.29) is 11.7 Å². The zero-order valence-electron chi connectivity index (χ0n) is 11.5. The normalized spacial score (nSPS) is 18.9. The Kier molecular flexibility index (Phi) is 4.61. The van der Waals surface area contributed by atoms with Crippen molar-refractivity contribution in [3.05, 3.63) is 41.7 Å². The van der Waals surface area contributed by atoms with Crippen LogP contribution in [0.1, 0.15) is 25.3 Å². The first-order valence-corrected chi connectivity index (χ1v) is 6.73. The number of ether oxygens (including phenoxy) is 2. The Labute approximate surface area is 114 Å². The molecule has 0 spiro atoms. The molecule has 1 aromatic rings. The quantitative estimate of drug-likeness (QED) is 0.816. The largest absolute Gasteiger partial charge is 0.498 e. The summed E-state index contributed by atoms with van der Waals surface area (Å²) < 4.78 is 10.5. The second kappa shape index (κ2) is 6.41. The Hall–Kier alpha value is -1.77. The topological polar surface area (TPSA) is 35.5 Å². The van der Waals surface area contributed by atoms with Crippen LogP contribution >= 0.6 is 0 Å². The minimum Gasteiger partial charge on any atom is -0.498 e. The maximum Gasteiger partial charge on any atom is 0.162 e. The Balaban J connectivity index is 1.98. The van der Waals surface area contributed by atoms with E-state index in [0.29, 0.717) is 6.61 Å². The Bertz CT molecular complexity index is 459. The van der Waals surface area contributed by atoms with Crippen molar-refractivity contribution in [1.29, 1.82) is 0 Å². The average Bonchev–Trinajstić information content (AvgIpc) is 2.43. The van der Waals surface area contributed by atoms with Gasteiger partial charge in [-0.15, -0.1) is 0 Å². The van der Waals surface area contributed by atoms with Gasteiger partial charge in [0.1, 0.15) is 5.75 Å². The van der Waals surface area contributed by atoms with Crippen LogP contribution in [0.2, 0.25) is 0 Å². The SMILES string of the molecule is CCOC1=CC(=O)C(Cc2ccc(OC)cc2)CC1. The van der Waals surface area contributed by atoms with Crippen molar-refractivity contribution in [3.8, 4) is 5.75 Å². The van der Waals surface area contributed by atoms with E-state index in [4.69, 9.17) is 9.47 Å². The van der Waals surface area contributed by atoms with E-state index in [1.807, 2.05) is 31.2 Å². The molecule has 3 nitrogen and oxygen atoms in total. The molecule has 1 unspecified atom stereocenters. The average molecular weight is 260 g/mol. The fourth-order valence-electron chi connectivity index (χ4n) is 2.36. The molecule has 1 aromatic carbocycles. The van der Waals surface area contributed by atoms with Gasteiger partial charge in [-0.3, -0.25) is 4.79 Å². The lowest BCUT2D eigenvalue weighted by molar-refractivity contribution is -0.119. The first-order chi connectivity index (χ1) is 9.22. The molecule has 102 valence electrons. The maximum atomic E-state index is 12.0. The highest BCUT2D eigenvalue weighted by Gasteiger charge is 2.23. The van der Waals surface area contributed by atoms with Crippen LogP contribution in [-0.4, -0.2) is 19.5 Å². The van der Waals surface area contributed by atoms with Crippen LogP contribution in [0.4, 0.5) is 0 Å². The third-order valence-corrected chi connectivity index (χ3v) is 3.42. The first-order valence-electron chi connectivity index (χ1n) is 6.73. The van der Waals surface area contributed by atoms with E-state index in [1.165, 1.54) is 5.56 Å². The highest BCUT2D eigenvalue weighted by atomic mass is 16.5. The number of ketones is 1. The van der Waals surface area contributed by atoms with Gasteiger partial charge in [0.05, 0.1) is 19.5 Å². The summed E-state index contributed by atoms with van der Waals surface area (Å²) in [5.41, 5.74) is 1.17. The van der Waals surface area contributed by atoms with E-state index < -0.39 is 0 Å². The lowest BCUT2D eigenvalue weighted by atomic mass is 9.87. The number of hydrogen-bond donors (Lipinski definition) is 0. The van der Waals surface area contributed by atoms with Crippen LogP contribution in [0.25, 0.3) is 0 Å². The van der Waals surface area contributed by atoms with Crippen LogP contribution < -0.4 is 4.74 Å². The number of carbonyl (C=O) groups excluding carboxylic acids is 1. The summed E-state index contributed by atoms with van der Waals surface area (Å²) in [6, 6.07) is 7.91. The van der Waals surface area contributed by atoms with Gasteiger partial charge in [-0.05, 0) is 37.5 Å². The minimum atomic E-state index is 0.0811. The molecule has 19 heavy (non-hydrogen) atoms. The molecule has 1 atom stereocenters. The zero-order valence-corrected chi connectivity index (χ0v) is 11.5. The molecule has 0 radical (unpaired) electrons. The van der Waals surface area contributed by atoms with Crippen molar-refractivity contribution < 1.29 is 14.3 Å². The second-order valence-corrected chi connectivity index (χ2v) is 4.73. The highest BCUT2D eigenvalue weighted by molar-refractivity contribution is 5.93. The number of allylic oxidation sites excluding steroid dienone is 2. The van der Waals surface area contributed by atoms with Crippen molar-refractivity contribution in [2.24, 2.45) is 5.92 Å².